The summed E-state index contributed by atoms with van der Waals surface area (Å²) in [5.74, 6) is -1.71. The molecule has 2 heterocycles. The topological polar surface area (TPSA) is 57.4 Å². The molecular weight excluding hydrogens is 454 g/mol. The number of thioether (sulfide) groups is 1. The van der Waals surface area contributed by atoms with Gasteiger partial charge in [-0.3, -0.25) is 0 Å². The first-order valence-electron chi connectivity index (χ1n) is 9.65. The Labute approximate surface area is 193 Å². The van der Waals surface area contributed by atoms with E-state index in [-0.39, 0.29) is 16.4 Å². The summed E-state index contributed by atoms with van der Waals surface area (Å²) < 4.78 is 37.9. The molecule has 164 valence electrons. The lowest BCUT2D eigenvalue weighted by atomic mass is 10.1. The first kappa shape index (κ1) is 22.0. The minimum absolute atomic E-state index is 0.190. The van der Waals surface area contributed by atoms with Crippen molar-refractivity contribution < 1.29 is 27.9 Å². The second kappa shape index (κ2) is 9.97. The number of fused-ring (bicyclic) bond motifs is 1. The number of pyridine rings is 1. The van der Waals surface area contributed by atoms with Gasteiger partial charge in [-0.2, -0.15) is 13.3 Å². The molecule has 1 N–H and O–H groups in total. The highest BCUT2D eigenvalue weighted by molar-refractivity contribution is 7.99. The number of aromatic nitrogens is 1. The molecule has 32 heavy (non-hydrogen) atoms. The van der Waals surface area contributed by atoms with Crippen LogP contribution in [-0.4, -0.2) is 24.0 Å². The van der Waals surface area contributed by atoms with Crippen LogP contribution in [0.4, 0.5) is 14.5 Å². The van der Waals surface area contributed by atoms with Gasteiger partial charge in [0.15, 0.2) is 28.9 Å². The SMILES string of the molecule is [O-]/C(=C(\C(=S)Nc1ccc(SC(F)F)cc1)[n+]1ccccc1)c1ccc2c(c1)OCCO2. The molecule has 2 aromatic carbocycles. The second-order valence-electron chi connectivity index (χ2n) is 6.68. The Morgan fingerprint density at radius 3 is 2.38 bits per heavy atom. The van der Waals surface area contributed by atoms with E-state index in [1.807, 2.05) is 6.07 Å². The van der Waals surface area contributed by atoms with E-state index in [1.54, 1.807) is 71.6 Å². The minimum Gasteiger partial charge on any atom is -0.867 e. The quantitative estimate of drug-likeness (QED) is 0.191. The van der Waals surface area contributed by atoms with Gasteiger partial charge in [0.05, 0.1) is 0 Å². The molecule has 1 aliphatic rings. The number of hydrogen-bond acceptors (Lipinski definition) is 5. The van der Waals surface area contributed by atoms with E-state index in [1.165, 1.54) is 0 Å². The molecule has 0 amide bonds. The highest BCUT2D eigenvalue weighted by Gasteiger charge is 2.20. The van der Waals surface area contributed by atoms with Crippen LogP contribution in [0.25, 0.3) is 11.5 Å². The zero-order valence-electron chi connectivity index (χ0n) is 16.7. The van der Waals surface area contributed by atoms with Crippen LogP contribution < -0.4 is 24.5 Å². The lowest BCUT2D eigenvalue weighted by molar-refractivity contribution is -0.577. The highest BCUT2D eigenvalue weighted by atomic mass is 32.2. The summed E-state index contributed by atoms with van der Waals surface area (Å²) in [7, 11) is 0. The standard InChI is InChI=1S/C23H18F2N2O3S2/c24-23(25)32-17-7-5-16(6-8-17)26-22(31)20(27-10-2-1-3-11-27)21(28)15-4-9-18-19(14-15)30-13-12-29-18/h1-11,14,23H,12-13H2,(H-,26,28,31). The number of nitrogens with zero attached hydrogens (tertiary/aromatic N) is 1. The van der Waals surface area contributed by atoms with Gasteiger partial charge < -0.3 is 19.9 Å². The maximum atomic E-state index is 13.5. The van der Waals surface area contributed by atoms with Crippen molar-refractivity contribution in [3.63, 3.8) is 0 Å². The average molecular weight is 473 g/mol. The predicted molar refractivity (Wildman–Crippen MR) is 122 cm³/mol. The van der Waals surface area contributed by atoms with Gasteiger partial charge in [-0.25, -0.2) is 0 Å². The second-order valence-corrected chi connectivity index (χ2v) is 8.15. The van der Waals surface area contributed by atoms with E-state index in [2.05, 4.69) is 5.32 Å². The van der Waals surface area contributed by atoms with Crippen LogP contribution >= 0.6 is 24.0 Å². The molecule has 0 spiro atoms. The lowest BCUT2D eigenvalue weighted by Gasteiger charge is -2.21. The van der Waals surface area contributed by atoms with Crippen LogP contribution in [-0.2, 0) is 0 Å². The average Bonchev–Trinajstić information content (AvgIpc) is 2.80. The normalized spacial score (nSPS) is 13.5. The molecule has 3 aromatic rings. The third-order valence-electron chi connectivity index (χ3n) is 4.55. The van der Waals surface area contributed by atoms with Crippen molar-refractivity contribution in [3.05, 3.63) is 78.6 Å². The monoisotopic (exact) mass is 472 g/mol. The van der Waals surface area contributed by atoms with Gasteiger partial charge in [0.2, 0.25) is 5.70 Å². The number of anilines is 1. The number of halogens is 2. The number of nitrogens with one attached hydrogen (secondary N) is 1. The van der Waals surface area contributed by atoms with E-state index in [0.717, 1.165) is 0 Å². The molecule has 0 radical (unpaired) electrons. The molecule has 0 aliphatic carbocycles. The molecule has 4 rings (SSSR count). The number of benzene rings is 2. The van der Waals surface area contributed by atoms with Gasteiger partial charge in [-0.05, 0) is 47.7 Å². The summed E-state index contributed by atoms with van der Waals surface area (Å²) in [5.41, 5.74) is 1.22. The van der Waals surface area contributed by atoms with Crippen LogP contribution in [0.5, 0.6) is 11.5 Å². The summed E-state index contributed by atoms with van der Waals surface area (Å²) in [5, 5.41) is 16.5. The van der Waals surface area contributed by atoms with Crippen molar-refractivity contribution in [2.45, 2.75) is 10.7 Å². The Kier molecular flexibility index (Phi) is 6.87. The van der Waals surface area contributed by atoms with Crippen molar-refractivity contribution in [2.24, 2.45) is 0 Å². The van der Waals surface area contributed by atoms with Crippen LogP contribution in [0.1, 0.15) is 5.56 Å². The predicted octanol–water partition coefficient (Wildman–Crippen LogP) is 4.19. The summed E-state index contributed by atoms with van der Waals surface area (Å²) in [6.45, 7) is 0.870. The molecule has 5 nitrogen and oxygen atoms in total. The van der Waals surface area contributed by atoms with Crippen LogP contribution in [0, 0.1) is 0 Å². The fourth-order valence-electron chi connectivity index (χ4n) is 3.12. The Morgan fingerprint density at radius 1 is 1.00 bits per heavy atom. The van der Waals surface area contributed by atoms with Gasteiger partial charge in [0.1, 0.15) is 13.2 Å². The molecule has 0 fully saturated rings. The smallest absolute Gasteiger partial charge is 0.288 e. The molecule has 9 heteroatoms. The van der Waals surface area contributed by atoms with Crippen molar-refractivity contribution in [1.29, 1.82) is 0 Å². The number of ether oxygens (including phenoxy) is 2. The fourth-order valence-corrected chi connectivity index (χ4v) is 3.93. The van der Waals surface area contributed by atoms with E-state index in [0.29, 0.717) is 52.6 Å². The van der Waals surface area contributed by atoms with Crippen molar-refractivity contribution in [1.82, 2.24) is 0 Å². The molecular formula is C23H18F2N2O3S2. The molecule has 0 unspecified atom stereocenters. The largest absolute Gasteiger partial charge is 0.867 e. The third-order valence-corrected chi connectivity index (χ3v) is 5.56. The highest BCUT2D eigenvalue weighted by Crippen LogP contribution is 2.33. The zero-order valence-corrected chi connectivity index (χ0v) is 18.3. The zero-order chi connectivity index (χ0) is 22.5. The molecule has 1 aliphatic heterocycles. The van der Waals surface area contributed by atoms with E-state index in [4.69, 9.17) is 21.7 Å². The number of hydrogen-bond donors (Lipinski definition) is 1. The molecule has 1 aromatic heterocycles. The van der Waals surface area contributed by atoms with Gasteiger partial charge in [0.25, 0.3) is 5.76 Å². The van der Waals surface area contributed by atoms with Gasteiger partial charge in [0, 0.05) is 22.7 Å². The van der Waals surface area contributed by atoms with Gasteiger partial charge >= 0.3 is 0 Å². The van der Waals surface area contributed by atoms with Crippen molar-refractivity contribution >= 4 is 46.1 Å². The van der Waals surface area contributed by atoms with Crippen LogP contribution in [0.15, 0.2) is 78.0 Å². The minimum atomic E-state index is -2.49. The summed E-state index contributed by atoms with van der Waals surface area (Å²) >= 11 is 6.03. The first-order valence-corrected chi connectivity index (χ1v) is 10.9. The maximum absolute atomic E-state index is 13.5. The van der Waals surface area contributed by atoms with Crippen molar-refractivity contribution in [3.8, 4) is 11.5 Å². The molecule has 0 bridgehead atoms. The first-order chi connectivity index (χ1) is 15.5. The van der Waals surface area contributed by atoms with Gasteiger partial charge in [-0.1, -0.05) is 36.1 Å². The number of thiocarbonyl (C=S) groups is 1. The Morgan fingerprint density at radius 2 is 1.69 bits per heavy atom. The number of rotatable bonds is 6. The third kappa shape index (κ3) is 5.17. The number of alkyl halides is 2. The summed E-state index contributed by atoms with van der Waals surface area (Å²) in [6, 6.07) is 16.8. The van der Waals surface area contributed by atoms with E-state index >= 15 is 0 Å². The Hall–Kier alpha value is -3.17. The Bertz CT molecular complexity index is 1140. The fraction of sp³-hybridized carbons (Fsp3) is 0.130. The summed E-state index contributed by atoms with van der Waals surface area (Å²) in [6.07, 6.45) is 3.45. The van der Waals surface area contributed by atoms with Gasteiger partial charge in [-0.15, -0.1) is 0 Å². The summed E-state index contributed by atoms with van der Waals surface area (Å²) in [4.78, 5) is 0.626. The lowest BCUT2D eigenvalue weighted by Crippen LogP contribution is -2.39. The van der Waals surface area contributed by atoms with E-state index in [9.17, 15) is 13.9 Å². The molecule has 0 atom stereocenters. The van der Waals surface area contributed by atoms with Crippen molar-refractivity contribution in [2.75, 3.05) is 18.5 Å². The van der Waals surface area contributed by atoms with Crippen LogP contribution in [0.2, 0.25) is 0 Å². The maximum Gasteiger partial charge on any atom is 0.288 e. The van der Waals surface area contributed by atoms with Crippen LogP contribution in [0.3, 0.4) is 0 Å². The molecule has 0 saturated heterocycles. The van der Waals surface area contributed by atoms with E-state index < -0.39 is 5.76 Å². The Balaban J connectivity index is 1.67. The molecule has 0 saturated carbocycles.